The van der Waals surface area contributed by atoms with Crippen molar-refractivity contribution in [2.45, 2.75) is 19.8 Å². The van der Waals surface area contributed by atoms with Crippen LogP contribution in [0.3, 0.4) is 0 Å². The molecule has 1 aliphatic heterocycles. The highest BCUT2D eigenvalue weighted by molar-refractivity contribution is 5.77. The van der Waals surface area contributed by atoms with Gasteiger partial charge in [-0.1, -0.05) is 24.3 Å². The second kappa shape index (κ2) is 7.73. The largest absolute Gasteiger partial charge is 0.484 e. The Labute approximate surface area is 141 Å². The van der Waals surface area contributed by atoms with Crippen LogP contribution in [0, 0.1) is 6.92 Å². The predicted octanol–water partition coefficient (Wildman–Crippen LogP) is 2.85. The fourth-order valence-corrected chi connectivity index (χ4v) is 2.53. The van der Waals surface area contributed by atoms with Gasteiger partial charge < -0.3 is 19.5 Å². The molecule has 1 amide bonds. The van der Waals surface area contributed by atoms with Gasteiger partial charge in [0, 0.05) is 6.54 Å². The predicted molar refractivity (Wildman–Crippen MR) is 90.6 cm³/mol. The van der Waals surface area contributed by atoms with Gasteiger partial charge in [0.05, 0.1) is 0 Å². The van der Waals surface area contributed by atoms with E-state index in [0.717, 1.165) is 35.7 Å². The maximum atomic E-state index is 11.8. The Kier molecular flexibility index (Phi) is 5.21. The van der Waals surface area contributed by atoms with Gasteiger partial charge in [-0.3, -0.25) is 4.79 Å². The van der Waals surface area contributed by atoms with Crippen molar-refractivity contribution < 1.29 is 19.0 Å². The maximum absolute atomic E-state index is 11.8. The van der Waals surface area contributed by atoms with Gasteiger partial charge in [0.15, 0.2) is 18.1 Å². The summed E-state index contributed by atoms with van der Waals surface area (Å²) in [6.45, 7) is 2.90. The number of para-hydroxylation sites is 1. The summed E-state index contributed by atoms with van der Waals surface area (Å²) in [5, 5.41) is 2.88. The molecule has 2 aromatic carbocycles. The van der Waals surface area contributed by atoms with Crippen molar-refractivity contribution in [1.29, 1.82) is 0 Å². The lowest BCUT2D eigenvalue weighted by molar-refractivity contribution is -0.123. The SMILES string of the molecule is Cc1ccccc1OCC(=O)NCCCc1ccc2c(c1)OCO2. The minimum absolute atomic E-state index is 0.0366. The minimum Gasteiger partial charge on any atom is -0.484 e. The first-order chi connectivity index (χ1) is 11.7. The number of rotatable bonds is 7. The lowest BCUT2D eigenvalue weighted by Gasteiger charge is -2.09. The van der Waals surface area contributed by atoms with E-state index >= 15 is 0 Å². The number of aryl methyl sites for hydroxylation is 2. The number of carbonyl (C=O) groups excluding carboxylic acids is 1. The fraction of sp³-hybridized carbons (Fsp3) is 0.316. The second-order valence-electron chi connectivity index (χ2n) is 5.70. The third-order valence-electron chi connectivity index (χ3n) is 3.85. The van der Waals surface area contributed by atoms with Gasteiger partial charge in [-0.15, -0.1) is 0 Å². The summed E-state index contributed by atoms with van der Waals surface area (Å²) in [6.07, 6.45) is 1.73. The quantitative estimate of drug-likeness (QED) is 0.795. The van der Waals surface area contributed by atoms with Crippen LogP contribution in [0.5, 0.6) is 17.2 Å². The summed E-state index contributed by atoms with van der Waals surface area (Å²) < 4.78 is 16.2. The van der Waals surface area contributed by atoms with E-state index in [-0.39, 0.29) is 19.3 Å². The van der Waals surface area contributed by atoms with Crippen LogP contribution in [0.1, 0.15) is 17.5 Å². The van der Waals surface area contributed by atoms with Crippen molar-refractivity contribution in [2.24, 2.45) is 0 Å². The number of amides is 1. The third kappa shape index (κ3) is 4.19. The van der Waals surface area contributed by atoms with Crippen LogP contribution < -0.4 is 19.5 Å². The molecule has 0 unspecified atom stereocenters. The number of nitrogens with one attached hydrogen (secondary N) is 1. The van der Waals surface area contributed by atoms with Crippen molar-refractivity contribution in [3.63, 3.8) is 0 Å². The summed E-state index contributed by atoms with van der Waals surface area (Å²) >= 11 is 0. The zero-order chi connectivity index (χ0) is 16.8. The maximum Gasteiger partial charge on any atom is 0.257 e. The topological polar surface area (TPSA) is 56.8 Å². The van der Waals surface area contributed by atoms with Crippen LogP contribution in [0.2, 0.25) is 0 Å². The van der Waals surface area contributed by atoms with E-state index < -0.39 is 0 Å². The van der Waals surface area contributed by atoms with Crippen LogP contribution in [-0.2, 0) is 11.2 Å². The molecule has 0 radical (unpaired) electrons. The monoisotopic (exact) mass is 327 g/mol. The van der Waals surface area contributed by atoms with E-state index in [9.17, 15) is 4.79 Å². The molecule has 24 heavy (non-hydrogen) atoms. The Balaban J connectivity index is 1.36. The van der Waals surface area contributed by atoms with Gasteiger partial charge in [-0.2, -0.15) is 0 Å². The van der Waals surface area contributed by atoms with Crippen LogP contribution in [-0.4, -0.2) is 25.9 Å². The molecule has 2 aromatic rings. The van der Waals surface area contributed by atoms with Gasteiger partial charge >= 0.3 is 0 Å². The van der Waals surface area contributed by atoms with Gasteiger partial charge in [0.25, 0.3) is 5.91 Å². The van der Waals surface area contributed by atoms with Crippen LogP contribution in [0.4, 0.5) is 0 Å². The third-order valence-corrected chi connectivity index (χ3v) is 3.85. The minimum atomic E-state index is -0.107. The number of hydrogen-bond donors (Lipinski definition) is 1. The summed E-state index contributed by atoms with van der Waals surface area (Å²) in [4.78, 5) is 11.8. The van der Waals surface area contributed by atoms with E-state index in [2.05, 4.69) is 5.32 Å². The van der Waals surface area contributed by atoms with Crippen molar-refractivity contribution in [3.05, 3.63) is 53.6 Å². The summed E-state index contributed by atoms with van der Waals surface area (Å²) in [5.41, 5.74) is 2.19. The number of benzene rings is 2. The highest BCUT2D eigenvalue weighted by Gasteiger charge is 2.12. The molecular weight excluding hydrogens is 306 g/mol. The Morgan fingerprint density at radius 1 is 1.17 bits per heavy atom. The molecule has 0 fully saturated rings. The average Bonchev–Trinajstić information content (AvgIpc) is 3.06. The molecule has 5 nitrogen and oxygen atoms in total. The highest BCUT2D eigenvalue weighted by Crippen LogP contribution is 2.32. The number of hydrogen-bond acceptors (Lipinski definition) is 4. The van der Waals surface area contributed by atoms with Gasteiger partial charge in [0.2, 0.25) is 6.79 Å². The molecule has 3 rings (SSSR count). The van der Waals surface area contributed by atoms with E-state index in [1.165, 1.54) is 5.56 Å². The van der Waals surface area contributed by atoms with Crippen molar-refractivity contribution in [2.75, 3.05) is 19.9 Å². The van der Waals surface area contributed by atoms with Crippen LogP contribution in [0.15, 0.2) is 42.5 Å². The number of carbonyl (C=O) groups is 1. The first-order valence-electron chi connectivity index (χ1n) is 8.06. The van der Waals surface area contributed by atoms with Crippen molar-refractivity contribution in [3.8, 4) is 17.2 Å². The molecule has 1 heterocycles. The van der Waals surface area contributed by atoms with Crippen molar-refractivity contribution >= 4 is 5.91 Å². The highest BCUT2D eigenvalue weighted by atomic mass is 16.7. The van der Waals surface area contributed by atoms with Gasteiger partial charge in [0.1, 0.15) is 5.75 Å². The van der Waals surface area contributed by atoms with Crippen LogP contribution >= 0.6 is 0 Å². The van der Waals surface area contributed by atoms with E-state index in [0.29, 0.717) is 6.54 Å². The molecule has 0 saturated heterocycles. The van der Waals surface area contributed by atoms with E-state index in [4.69, 9.17) is 14.2 Å². The zero-order valence-corrected chi connectivity index (χ0v) is 13.7. The Morgan fingerprint density at radius 2 is 2.00 bits per heavy atom. The molecule has 0 spiro atoms. The van der Waals surface area contributed by atoms with Gasteiger partial charge in [-0.05, 0) is 49.1 Å². The van der Waals surface area contributed by atoms with E-state index in [1.807, 2.05) is 49.4 Å². The summed E-state index contributed by atoms with van der Waals surface area (Å²) in [6, 6.07) is 13.6. The molecule has 0 aromatic heterocycles. The molecule has 126 valence electrons. The second-order valence-corrected chi connectivity index (χ2v) is 5.70. The first kappa shape index (κ1) is 16.2. The molecule has 0 bridgehead atoms. The smallest absolute Gasteiger partial charge is 0.257 e. The number of ether oxygens (including phenoxy) is 3. The molecular formula is C19H21NO4. The lowest BCUT2D eigenvalue weighted by Crippen LogP contribution is -2.30. The summed E-state index contributed by atoms with van der Waals surface area (Å²) in [5.74, 6) is 2.22. The molecule has 0 atom stereocenters. The normalized spacial score (nSPS) is 12.0. The Hall–Kier alpha value is -2.69. The van der Waals surface area contributed by atoms with Crippen LogP contribution in [0.25, 0.3) is 0 Å². The van der Waals surface area contributed by atoms with E-state index in [1.54, 1.807) is 0 Å². The zero-order valence-electron chi connectivity index (χ0n) is 13.7. The molecule has 0 aliphatic carbocycles. The fourth-order valence-electron chi connectivity index (χ4n) is 2.53. The summed E-state index contributed by atoms with van der Waals surface area (Å²) in [7, 11) is 0. The molecule has 5 heteroatoms. The molecule has 1 N–H and O–H groups in total. The molecule has 1 aliphatic rings. The van der Waals surface area contributed by atoms with Crippen molar-refractivity contribution in [1.82, 2.24) is 5.32 Å². The Bertz CT molecular complexity index is 714. The lowest BCUT2D eigenvalue weighted by atomic mass is 10.1. The Morgan fingerprint density at radius 3 is 2.88 bits per heavy atom. The van der Waals surface area contributed by atoms with Gasteiger partial charge in [-0.25, -0.2) is 0 Å². The first-order valence-corrected chi connectivity index (χ1v) is 8.06. The standard InChI is InChI=1S/C19H21NO4/c1-14-5-2-3-7-16(14)22-12-19(21)20-10-4-6-15-8-9-17-18(11-15)24-13-23-17/h2-3,5,7-9,11H,4,6,10,12-13H2,1H3,(H,20,21). The molecule has 0 saturated carbocycles. The number of fused-ring (bicyclic) bond motifs is 1. The average molecular weight is 327 g/mol.